The van der Waals surface area contributed by atoms with Gasteiger partial charge >= 0.3 is 0 Å². The van der Waals surface area contributed by atoms with Gasteiger partial charge in [0.2, 0.25) is 5.91 Å². The Bertz CT molecular complexity index is 965. The van der Waals surface area contributed by atoms with Gasteiger partial charge in [0.1, 0.15) is 5.76 Å². The molecule has 0 aliphatic heterocycles. The lowest BCUT2D eigenvalue weighted by Gasteiger charge is -2.06. The van der Waals surface area contributed by atoms with Crippen LogP contribution in [0.5, 0.6) is 0 Å². The molecule has 2 aromatic carbocycles. The third-order valence-electron chi connectivity index (χ3n) is 3.49. The predicted molar refractivity (Wildman–Crippen MR) is 103 cm³/mol. The number of halogens is 2. The van der Waals surface area contributed by atoms with Crippen molar-refractivity contribution in [1.82, 2.24) is 0 Å². The summed E-state index contributed by atoms with van der Waals surface area (Å²) in [5.74, 6) is 0.0640. The molecule has 0 aliphatic rings. The van der Waals surface area contributed by atoms with Crippen molar-refractivity contribution in [2.45, 2.75) is 6.92 Å². The van der Waals surface area contributed by atoms with E-state index in [0.717, 1.165) is 0 Å². The fraction of sp³-hybridized carbons (Fsp3) is 0.0526. The average molecular weight is 389 g/mol. The van der Waals surface area contributed by atoms with Gasteiger partial charge in [0.25, 0.3) is 5.91 Å². The largest absolute Gasteiger partial charge is 0.451 e. The minimum absolute atomic E-state index is 0.150. The first kappa shape index (κ1) is 18.0. The smallest absolute Gasteiger partial charge is 0.291 e. The maximum atomic E-state index is 12.3. The molecule has 3 aromatic rings. The molecule has 0 unspecified atom stereocenters. The molecular weight excluding hydrogens is 375 g/mol. The number of hydrogen-bond donors (Lipinski definition) is 2. The second kappa shape index (κ2) is 7.64. The molecule has 0 spiro atoms. The van der Waals surface area contributed by atoms with Crippen LogP contribution in [0, 0.1) is 0 Å². The van der Waals surface area contributed by atoms with E-state index in [-0.39, 0.29) is 11.7 Å². The molecule has 5 nitrogen and oxygen atoms in total. The lowest BCUT2D eigenvalue weighted by atomic mass is 10.2. The number of carbonyl (C=O) groups excluding carboxylic acids is 2. The van der Waals surface area contributed by atoms with Crippen molar-refractivity contribution >= 4 is 46.4 Å². The Morgan fingerprint density at radius 2 is 1.54 bits per heavy atom. The minimum Gasteiger partial charge on any atom is -0.451 e. The highest BCUT2D eigenvalue weighted by Gasteiger charge is 2.14. The van der Waals surface area contributed by atoms with Gasteiger partial charge in [0.15, 0.2) is 5.76 Å². The Balaban J connectivity index is 1.73. The van der Waals surface area contributed by atoms with Gasteiger partial charge in [-0.3, -0.25) is 9.59 Å². The minimum atomic E-state index is -0.395. The molecule has 2 amide bonds. The topological polar surface area (TPSA) is 71.3 Å². The summed E-state index contributed by atoms with van der Waals surface area (Å²) < 4.78 is 5.60. The summed E-state index contributed by atoms with van der Waals surface area (Å²) in [6.07, 6.45) is 0. The molecule has 7 heteroatoms. The monoisotopic (exact) mass is 388 g/mol. The Morgan fingerprint density at radius 1 is 0.885 bits per heavy atom. The third kappa shape index (κ3) is 4.25. The number of anilines is 2. The second-order valence-corrected chi connectivity index (χ2v) is 6.34. The summed E-state index contributed by atoms with van der Waals surface area (Å²) >= 11 is 12.0. The highest BCUT2D eigenvalue weighted by Crippen LogP contribution is 2.31. The van der Waals surface area contributed by atoms with Crippen LogP contribution in [0.4, 0.5) is 11.4 Å². The van der Waals surface area contributed by atoms with E-state index in [1.165, 1.54) is 6.92 Å². The first-order valence-electron chi connectivity index (χ1n) is 7.66. The van der Waals surface area contributed by atoms with Crippen LogP contribution in [0.3, 0.4) is 0 Å². The SMILES string of the molecule is CC(=O)Nc1ccc(NC(=O)c2ccc(-c3ccc(Cl)cc3Cl)o2)cc1. The van der Waals surface area contributed by atoms with Crippen LogP contribution < -0.4 is 10.6 Å². The van der Waals surface area contributed by atoms with E-state index in [2.05, 4.69) is 10.6 Å². The zero-order valence-corrected chi connectivity index (χ0v) is 15.2. The van der Waals surface area contributed by atoms with Gasteiger partial charge in [-0.1, -0.05) is 23.2 Å². The summed E-state index contributed by atoms with van der Waals surface area (Å²) in [6, 6.07) is 15.0. The molecule has 0 radical (unpaired) electrons. The maximum Gasteiger partial charge on any atom is 0.291 e. The van der Waals surface area contributed by atoms with Crippen molar-refractivity contribution in [1.29, 1.82) is 0 Å². The van der Waals surface area contributed by atoms with Gasteiger partial charge in [-0.15, -0.1) is 0 Å². The van der Waals surface area contributed by atoms with Gasteiger partial charge in [0.05, 0.1) is 5.02 Å². The lowest BCUT2D eigenvalue weighted by Crippen LogP contribution is -2.11. The van der Waals surface area contributed by atoms with E-state index in [1.807, 2.05) is 0 Å². The molecule has 1 heterocycles. The van der Waals surface area contributed by atoms with Crippen LogP contribution in [0.25, 0.3) is 11.3 Å². The number of furan rings is 1. The number of benzene rings is 2. The van der Waals surface area contributed by atoms with Crippen molar-refractivity contribution in [3.05, 3.63) is 70.4 Å². The van der Waals surface area contributed by atoms with Gasteiger partial charge < -0.3 is 15.1 Å². The summed E-state index contributed by atoms with van der Waals surface area (Å²) in [5.41, 5.74) is 1.87. The lowest BCUT2D eigenvalue weighted by molar-refractivity contribution is -0.114. The molecule has 0 aliphatic carbocycles. The normalized spacial score (nSPS) is 10.4. The van der Waals surface area contributed by atoms with E-state index in [9.17, 15) is 9.59 Å². The van der Waals surface area contributed by atoms with Crippen LogP contribution >= 0.6 is 23.2 Å². The van der Waals surface area contributed by atoms with E-state index in [1.54, 1.807) is 54.6 Å². The van der Waals surface area contributed by atoms with E-state index >= 15 is 0 Å². The van der Waals surface area contributed by atoms with Gasteiger partial charge in [-0.05, 0) is 54.6 Å². The summed E-state index contributed by atoms with van der Waals surface area (Å²) in [7, 11) is 0. The van der Waals surface area contributed by atoms with Crippen LogP contribution in [0.2, 0.25) is 10.0 Å². The molecule has 0 atom stereocenters. The zero-order valence-electron chi connectivity index (χ0n) is 13.7. The van der Waals surface area contributed by atoms with Crippen LogP contribution in [0.15, 0.2) is 59.0 Å². The first-order valence-corrected chi connectivity index (χ1v) is 8.42. The molecule has 26 heavy (non-hydrogen) atoms. The maximum absolute atomic E-state index is 12.3. The molecule has 0 bridgehead atoms. The number of rotatable bonds is 4. The second-order valence-electron chi connectivity index (χ2n) is 5.50. The molecule has 0 saturated heterocycles. The third-order valence-corrected chi connectivity index (χ3v) is 4.04. The highest BCUT2D eigenvalue weighted by atomic mass is 35.5. The highest BCUT2D eigenvalue weighted by molar-refractivity contribution is 6.36. The standard InChI is InChI=1S/C19H14Cl2N2O3/c1-11(24)22-13-3-5-14(6-4-13)23-19(25)18-9-8-17(26-18)15-7-2-12(20)10-16(15)21/h2-10H,1H3,(H,22,24)(H,23,25). The van der Waals surface area contributed by atoms with Crippen LogP contribution in [-0.2, 0) is 4.79 Å². The van der Waals surface area contributed by atoms with Gasteiger partial charge in [-0.25, -0.2) is 0 Å². The summed E-state index contributed by atoms with van der Waals surface area (Å²) in [5, 5.41) is 6.34. The van der Waals surface area contributed by atoms with Crippen LogP contribution in [-0.4, -0.2) is 11.8 Å². The Hall–Kier alpha value is -2.76. The zero-order chi connectivity index (χ0) is 18.7. The van der Waals surface area contributed by atoms with Gasteiger partial charge in [0, 0.05) is 28.9 Å². The molecule has 2 N–H and O–H groups in total. The number of nitrogens with one attached hydrogen (secondary N) is 2. The van der Waals surface area contributed by atoms with Gasteiger partial charge in [-0.2, -0.15) is 0 Å². The fourth-order valence-corrected chi connectivity index (χ4v) is 2.83. The van der Waals surface area contributed by atoms with Crippen molar-refractivity contribution in [3.8, 4) is 11.3 Å². The first-order chi connectivity index (χ1) is 12.4. The summed E-state index contributed by atoms with van der Waals surface area (Å²) in [4.78, 5) is 23.3. The predicted octanol–water partition coefficient (Wildman–Crippen LogP) is 5.46. The molecule has 0 saturated carbocycles. The average Bonchev–Trinajstić information content (AvgIpc) is 3.06. The van der Waals surface area contributed by atoms with E-state index in [4.69, 9.17) is 27.6 Å². The fourth-order valence-electron chi connectivity index (χ4n) is 2.33. The molecule has 1 aromatic heterocycles. The number of amides is 2. The molecule has 132 valence electrons. The Morgan fingerprint density at radius 3 is 2.15 bits per heavy atom. The molecule has 0 fully saturated rings. The van der Waals surface area contributed by atoms with E-state index in [0.29, 0.717) is 32.7 Å². The molecular formula is C19H14Cl2N2O3. The van der Waals surface area contributed by atoms with Crippen molar-refractivity contribution in [2.75, 3.05) is 10.6 Å². The molecule has 3 rings (SSSR count). The van der Waals surface area contributed by atoms with Crippen LogP contribution in [0.1, 0.15) is 17.5 Å². The number of hydrogen-bond acceptors (Lipinski definition) is 3. The number of carbonyl (C=O) groups is 2. The van der Waals surface area contributed by atoms with Crippen molar-refractivity contribution in [3.63, 3.8) is 0 Å². The van der Waals surface area contributed by atoms with Crippen molar-refractivity contribution in [2.24, 2.45) is 0 Å². The quantitative estimate of drug-likeness (QED) is 0.622. The van der Waals surface area contributed by atoms with Crippen molar-refractivity contribution < 1.29 is 14.0 Å². The van der Waals surface area contributed by atoms with E-state index < -0.39 is 5.91 Å². The Labute approximate surface area is 159 Å². The summed E-state index contributed by atoms with van der Waals surface area (Å²) in [6.45, 7) is 1.43. The Kier molecular flexibility index (Phi) is 5.30.